The van der Waals surface area contributed by atoms with Crippen molar-refractivity contribution in [1.29, 1.82) is 0 Å². The summed E-state index contributed by atoms with van der Waals surface area (Å²) in [7, 11) is -3.88. The van der Waals surface area contributed by atoms with Crippen LogP contribution in [0.3, 0.4) is 0 Å². The molecule has 0 aliphatic carbocycles. The SMILES string of the molecule is CCc1c(C)nc2n(c1=O)CC(C(=O)Nc1ccc(S(=O)(=O)Nc3onc(C)c3C)cc1)CS2. The molecule has 1 atom stereocenters. The van der Waals surface area contributed by atoms with Gasteiger partial charge in [-0.05, 0) is 51.5 Å². The molecule has 2 aromatic heterocycles. The average Bonchev–Trinajstić information content (AvgIpc) is 3.11. The number of nitrogens with one attached hydrogen (secondary N) is 2. The van der Waals surface area contributed by atoms with E-state index < -0.39 is 15.9 Å². The van der Waals surface area contributed by atoms with Gasteiger partial charge in [0.2, 0.25) is 11.8 Å². The van der Waals surface area contributed by atoms with Crippen molar-refractivity contribution in [3.63, 3.8) is 0 Å². The summed E-state index contributed by atoms with van der Waals surface area (Å²) in [6.45, 7) is 7.41. The molecular weight excluding hydrogens is 478 g/mol. The molecule has 3 heterocycles. The molecule has 0 spiro atoms. The van der Waals surface area contributed by atoms with Gasteiger partial charge in [0.05, 0.1) is 16.5 Å². The van der Waals surface area contributed by atoms with Crippen LogP contribution in [-0.2, 0) is 27.8 Å². The Labute approximate surface area is 201 Å². The van der Waals surface area contributed by atoms with Crippen molar-refractivity contribution in [2.45, 2.75) is 50.7 Å². The van der Waals surface area contributed by atoms with Gasteiger partial charge >= 0.3 is 0 Å². The Morgan fingerprint density at radius 1 is 1.21 bits per heavy atom. The molecule has 12 heteroatoms. The predicted octanol–water partition coefficient (Wildman–Crippen LogP) is 2.88. The Hall–Kier alpha value is -3.12. The van der Waals surface area contributed by atoms with Crippen LogP contribution in [0.4, 0.5) is 11.6 Å². The Bertz CT molecular complexity index is 1410. The van der Waals surface area contributed by atoms with Gasteiger partial charge in [0.1, 0.15) is 0 Å². The highest BCUT2D eigenvalue weighted by atomic mass is 32.2. The Morgan fingerprint density at radius 3 is 2.53 bits per heavy atom. The second-order valence-corrected chi connectivity index (χ2v) is 10.7. The first-order valence-electron chi connectivity index (χ1n) is 10.7. The average molecular weight is 504 g/mol. The van der Waals surface area contributed by atoms with Crippen molar-refractivity contribution in [2.24, 2.45) is 5.92 Å². The van der Waals surface area contributed by atoms with Gasteiger partial charge in [-0.1, -0.05) is 23.8 Å². The normalized spacial score (nSPS) is 15.6. The third-order valence-corrected chi connectivity index (χ3v) is 8.28. The summed E-state index contributed by atoms with van der Waals surface area (Å²) in [6.07, 6.45) is 0.583. The van der Waals surface area contributed by atoms with Gasteiger partial charge in [0.15, 0.2) is 5.16 Å². The number of fused-ring (bicyclic) bond motifs is 1. The van der Waals surface area contributed by atoms with Gasteiger partial charge in [0.25, 0.3) is 15.6 Å². The van der Waals surface area contributed by atoms with Crippen LogP contribution in [-0.4, -0.2) is 34.8 Å². The molecule has 0 radical (unpaired) electrons. The van der Waals surface area contributed by atoms with Gasteiger partial charge in [-0.25, -0.2) is 18.1 Å². The third-order valence-electron chi connectivity index (χ3n) is 5.79. The monoisotopic (exact) mass is 503 g/mol. The zero-order chi connectivity index (χ0) is 24.6. The van der Waals surface area contributed by atoms with Crippen LogP contribution in [0, 0.1) is 26.7 Å². The van der Waals surface area contributed by atoms with E-state index >= 15 is 0 Å². The number of nitrogens with zero attached hydrogens (tertiary/aromatic N) is 3. The van der Waals surface area contributed by atoms with Crippen molar-refractivity contribution in [3.8, 4) is 0 Å². The topological polar surface area (TPSA) is 136 Å². The largest absolute Gasteiger partial charge is 0.337 e. The van der Waals surface area contributed by atoms with Crippen LogP contribution in [0.2, 0.25) is 0 Å². The molecule has 10 nitrogen and oxygen atoms in total. The molecule has 34 heavy (non-hydrogen) atoms. The van der Waals surface area contributed by atoms with Crippen molar-refractivity contribution < 1.29 is 17.7 Å². The molecular formula is C22H25N5O5S2. The highest BCUT2D eigenvalue weighted by Crippen LogP contribution is 2.27. The summed E-state index contributed by atoms with van der Waals surface area (Å²) in [5.74, 6) is -0.108. The Balaban J connectivity index is 1.45. The lowest BCUT2D eigenvalue weighted by Crippen LogP contribution is -2.38. The fourth-order valence-electron chi connectivity index (χ4n) is 3.61. The van der Waals surface area contributed by atoms with Gasteiger partial charge in [-0.3, -0.25) is 14.2 Å². The van der Waals surface area contributed by atoms with Crippen molar-refractivity contribution >= 4 is 39.3 Å². The molecule has 4 rings (SSSR count). The smallest absolute Gasteiger partial charge is 0.264 e. The zero-order valence-corrected chi connectivity index (χ0v) is 20.8. The molecule has 0 bridgehead atoms. The van der Waals surface area contributed by atoms with E-state index in [2.05, 4.69) is 20.2 Å². The van der Waals surface area contributed by atoms with Crippen LogP contribution in [0.1, 0.15) is 29.4 Å². The summed E-state index contributed by atoms with van der Waals surface area (Å²) in [4.78, 5) is 30.2. The van der Waals surface area contributed by atoms with Crippen molar-refractivity contribution in [3.05, 3.63) is 57.1 Å². The number of aryl methyl sites for hydroxylation is 2. The summed E-state index contributed by atoms with van der Waals surface area (Å²) in [5, 5.41) is 7.18. The second kappa shape index (κ2) is 9.26. The molecule has 1 aromatic carbocycles. The van der Waals surface area contributed by atoms with E-state index in [0.29, 0.717) is 39.8 Å². The highest BCUT2D eigenvalue weighted by Gasteiger charge is 2.28. The number of hydrogen-bond donors (Lipinski definition) is 2. The van der Waals surface area contributed by atoms with Crippen LogP contribution in [0.15, 0.2) is 43.6 Å². The molecule has 3 aromatic rings. The third kappa shape index (κ3) is 4.60. The molecule has 0 fully saturated rings. The predicted molar refractivity (Wildman–Crippen MR) is 129 cm³/mol. The number of sulfonamides is 1. The van der Waals surface area contributed by atoms with Crippen LogP contribution in [0.25, 0.3) is 0 Å². The quantitative estimate of drug-likeness (QED) is 0.490. The molecule has 180 valence electrons. The molecule has 0 saturated carbocycles. The van der Waals surface area contributed by atoms with E-state index in [1.54, 1.807) is 18.4 Å². The first-order chi connectivity index (χ1) is 16.1. The van der Waals surface area contributed by atoms with Crippen LogP contribution < -0.4 is 15.6 Å². The molecule has 2 N–H and O–H groups in total. The Kier molecular flexibility index (Phi) is 6.54. The van der Waals surface area contributed by atoms with E-state index in [-0.39, 0.29) is 28.8 Å². The number of carbonyl (C=O) groups is 1. The molecule has 0 saturated heterocycles. The second-order valence-electron chi connectivity index (χ2n) is 8.08. The lowest BCUT2D eigenvalue weighted by Gasteiger charge is -2.25. The van der Waals surface area contributed by atoms with E-state index in [9.17, 15) is 18.0 Å². The maximum Gasteiger partial charge on any atom is 0.264 e. The van der Waals surface area contributed by atoms with Gasteiger partial charge in [-0.15, -0.1) is 0 Å². The maximum atomic E-state index is 12.9. The van der Waals surface area contributed by atoms with E-state index in [1.165, 1.54) is 36.0 Å². The number of hydrogen-bond acceptors (Lipinski definition) is 8. The number of benzene rings is 1. The van der Waals surface area contributed by atoms with E-state index in [0.717, 1.165) is 5.69 Å². The summed E-state index contributed by atoms with van der Waals surface area (Å²) in [6, 6.07) is 5.82. The standard InChI is InChI=1S/C22H25N5O5S2/c1-5-18-14(4)23-22-27(21(18)29)10-15(11-33-22)19(28)24-16-6-8-17(9-7-16)34(30,31)26-20-12(2)13(3)25-32-20/h6-9,15,26H,5,10-11H2,1-4H3,(H,24,28). The number of aromatic nitrogens is 3. The number of thioether (sulfide) groups is 1. The lowest BCUT2D eigenvalue weighted by molar-refractivity contribution is -0.119. The van der Waals surface area contributed by atoms with Crippen LogP contribution >= 0.6 is 11.8 Å². The summed E-state index contributed by atoms with van der Waals surface area (Å²) in [5.41, 5.74) is 2.94. The molecule has 1 aliphatic heterocycles. The van der Waals surface area contributed by atoms with Gasteiger partial charge in [0, 0.05) is 34.8 Å². The number of anilines is 2. The first-order valence-corrected chi connectivity index (χ1v) is 13.2. The summed E-state index contributed by atoms with van der Waals surface area (Å²) < 4.78 is 34.3. The number of amides is 1. The van der Waals surface area contributed by atoms with E-state index in [1.807, 2.05) is 13.8 Å². The molecule has 1 aliphatic rings. The van der Waals surface area contributed by atoms with Crippen molar-refractivity contribution in [2.75, 3.05) is 15.8 Å². The minimum Gasteiger partial charge on any atom is -0.337 e. The lowest BCUT2D eigenvalue weighted by atomic mass is 10.1. The van der Waals surface area contributed by atoms with Gasteiger partial charge in [-0.2, -0.15) is 0 Å². The Morgan fingerprint density at radius 2 is 1.91 bits per heavy atom. The fraction of sp³-hybridized carbons (Fsp3) is 0.364. The molecule has 1 unspecified atom stereocenters. The zero-order valence-electron chi connectivity index (χ0n) is 19.2. The maximum absolute atomic E-state index is 12.9. The van der Waals surface area contributed by atoms with Crippen molar-refractivity contribution in [1.82, 2.24) is 14.7 Å². The highest BCUT2D eigenvalue weighted by molar-refractivity contribution is 7.99. The number of carbonyl (C=O) groups excluding carboxylic acids is 1. The fourth-order valence-corrected chi connectivity index (χ4v) is 5.78. The van der Waals surface area contributed by atoms with E-state index in [4.69, 9.17) is 4.52 Å². The molecule has 1 amide bonds. The van der Waals surface area contributed by atoms with Gasteiger partial charge < -0.3 is 9.84 Å². The minimum absolute atomic E-state index is 0.0150. The first kappa shape index (κ1) is 24.0. The number of rotatable bonds is 6. The van der Waals surface area contributed by atoms with Crippen LogP contribution in [0.5, 0.6) is 0 Å². The minimum atomic E-state index is -3.88. The summed E-state index contributed by atoms with van der Waals surface area (Å²) >= 11 is 1.38.